The van der Waals surface area contributed by atoms with Crippen molar-refractivity contribution in [3.05, 3.63) is 48.0 Å². The molecule has 5 nitrogen and oxygen atoms in total. The molecule has 1 amide bonds. The molecule has 0 fully saturated rings. The first-order valence-corrected chi connectivity index (χ1v) is 6.04. The minimum Gasteiger partial charge on any atom is -0.497 e. The van der Waals surface area contributed by atoms with E-state index in [-0.39, 0.29) is 5.91 Å². The molecule has 0 aliphatic carbocycles. The molecule has 0 unspecified atom stereocenters. The Hall–Kier alpha value is -2.30. The first-order chi connectivity index (χ1) is 9.19. The van der Waals surface area contributed by atoms with Gasteiger partial charge in [0.05, 0.1) is 20.1 Å². The summed E-state index contributed by atoms with van der Waals surface area (Å²) in [6, 6.07) is 7.54. The highest BCUT2D eigenvalue weighted by molar-refractivity contribution is 5.78. The quantitative estimate of drug-likeness (QED) is 0.887. The van der Waals surface area contributed by atoms with E-state index in [1.54, 1.807) is 31.5 Å². The molecule has 1 aromatic carbocycles. The number of nitrogens with one attached hydrogen (secondary N) is 1. The highest BCUT2D eigenvalue weighted by Gasteiger charge is 2.11. The first kappa shape index (κ1) is 13.1. The van der Waals surface area contributed by atoms with Crippen molar-refractivity contribution in [3.8, 4) is 5.75 Å². The van der Waals surface area contributed by atoms with Gasteiger partial charge in [-0.05, 0) is 17.7 Å². The van der Waals surface area contributed by atoms with Gasteiger partial charge in [0.15, 0.2) is 0 Å². The number of methoxy groups -OCH3 is 1. The zero-order valence-electron chi connectivity index (χ0n) is 11.1. The molecular formula is C14H17N3O2. The highest BCUT2D eigenvalue weighted by Crippen LogP contribution is 2.13. The number of rotatable bonds is 5. The fourth-order valence-corrected chi connectivity index (χ4v) is 1.79. The summed E-state index contributed by atoms with van der Waals surface area (Å²) in [5.74, 6) is 1.59. The second-order valence-electron chi connectivity index (χ2n) is 4.31. The third kappa shape index (κ3) is 3.58. The van der Waals surface area contributed by atoms with Gasteiger partial charge in [-0.1, -0.05) is 12.1 Å². The van der Waals surface area contributed by atoms with Gasteiger partial charge in [0, 0.05) is 19.4 Å². The van der Waals surface area contributed by atoms with Crippen LogP contribution in [0.4, 0.5) is 0 Å². The van der Waals surface area contributed by atoms with Gasteiger partial charge < -0.3 is 14.6 Å². The smallest absolute Gasteiger partial charge is 0.227 e. The van der Waals surface area contributed by atoms with Crippen LogP contribution in [0.3, 0.4) is 0 Å². The van der Waals surface area contributed by atoms with E-state index in [0.717, 1.165) is 17.1 Å². The molecular weight excluding hydrogens is 242 g/mol. The predicted molar refractivity (Wildman–Crippen MR) is 71.8 cm³/mol. The summed E-state index contributed by atoms with van der Waals surface area (Å²) in [6.45, 7) is 0.482. The predicted octanol–water partition coefficient (Wildman–Crippen LogP) is 1.62. The van der Waals surface area contributed by atoms with Crippen molar-refractivity contribution in [3.63, 3.8) is 0 Å². The number of aromatic amines is 1. The molecule has 0 bridgehead atoms. The van der Waals surface area contributed by atoms with E-state index >= 15 is 0 Å². The van der Waals surface area contributed by atoms with E-state index in [1.807, 2.05) is 24.3 Å². The second-order valence-corrected chi connectivity index (χ2v) is 4.31. The lowest BCUT2D eigenvalue weighted by molar-refractivity contribution is -0.129. The summed E-state index contributed by atoms with van der Waals surface area (Å²) in [5, 5.41) is 0. The molecule has 0 saturated heterocycles. The maximum Gasteiger partial charge on any atom is 0.227 e. The monoisotopic (exact) mass is 259 g/mol. The summed E-state index contributed by atoms with van der Waals surface area (Å²) >= 11 is 0. The molecule has 19 heavy (non-hydrogen) atoms. The van der Waals surface area contributed by atoms with Gasteiger partial charge in [-0.3, -0.25) is 4.79 Å². The number of carbonyl (C=O) groups excluding carboxylic acids is 1. The normalized spacial score (nSPS) is 10.2. The molecule has 0 spiro atoms. The van der Waals surface area contributed by atoms with Crippen LogP contribution in [-0.4, -0.2) is 34.9 Å². The highest BCUT2D eigenvalue weighted by atomic mass is 16.5. The standard InChI is InChI=1S/C14H17N3O2/c1-17(10-13-15-6-7-16-13)14(18)9-11-4-3-5-12(8-11)19-2/h3-8H,9-10H2,1-2H3,(H,15,16). The van der Waals surface area contributed by atoms with E-state index in [9.17, 15) is 4.79 Å². The van der Waals surface area contributed by atoms with Crippen LogP contribution in [0.2, 0.25) is 0 Å². The van der Waals surface area contributed by atoms with E-state index in [0.29, 0.717) is 13.0 Å². The van der Waals surface area contributed by atoms with Crippen LogP contribution >= 0.6 is 0 Å². The Labute approximate surface area is 112 Å². The lowest BCUT2D eigenvalue weighted by Crippen LogP contribution is -2.28. The fourth-order valence-electron chi connectivity index (χ4n) is 1.79. The topological polar surface area (TPSA) is 58.2 Å². The summed E-state index contributed by atoms with van der Waals surface area (Å²) in [4.78, 5) is 20.8. The number of nitrogens with zero attached hydrogens (tertiary/aromatic N) is 2. The first-order valence-electron chi connectivity index (χ1n) is 6.04. The largest absolute Gasteiger partial charge is 0.497 e. The zero-order valence-corrected chi connectivity index (χ0v) is 11.1. The van der Waals surface area contributed by atoms with Crippen LogP contribution in [0.5, 0.6) is 5.75 Å². The number of H-pyrrole nitrogens is 1. The van der Waals surface area contributed by atoms with E-state index in [1.165, 1.54) is 0 Å². The molecule has 1 N–H and O–H groups in total. The number of hydrogen-bond donors (Lipinski definition) is 1. The Bertz CT molecular complexity index is 537. The molecule has 0 atom stereocenters. The molecule has 0 saturated carbocycles. The SMILES string of the molecule is COc1cccc(CC(=O)N(C)Cc2ncc[nH]2)c1. The number of ether oxygens (including phenoxy) is 1. The van der Waals surface area contributed by atoms with Gasteiger partial charge in [0.25, 0.3) is 0 Å². The van der Waals surface area contributed by atoms with Gasteiger partial charge in [-0.15, -0.1) is 0 Å². The van der Waals surface area contributed by atoms with E-state index in [2.05, 4.69) is 9.97 Å². The van der Waals surface area contributed by atoms with Crippen molar-refractivity contribution in [2.24, 2.45) is 0 Å². The number of hydrogen-bond acceptors (Lipinski definition) is 3. The summed E-state index contributed by atoms with van der Waals surface area (Å²) in [5.41, 5.74) is 0.940. The van der Waals surface area contributed by atoms with Crippen LogP contribution in [0.25, 0.3) is 0 Å². The molecule has 0 aliphatic rings. The van der Waals surface area contributed by atoms with Crippen LogP contribution in [-0.2, 0) is 17.8 Å². The number of aromatic nitrogens is 2. The van der Waals surface area contributed by atoms with Gasteiger partial charge in [-0.2, -0.15) is 0 Å². The zero-order chi connectivity index (χ0) is 13.7. The average molecular weight is 259 g/mol. The number of benzene rings is 1. The van der Waals surface area contributed by atoms with Gasteiger partial charge in [0.2, 0.25) is 5.91 Å². The van der Waals surface area contributed by atoms with Crippen LogP contribution < -0.4 is 4.74 Å². The number of carbonyl (C=O) groups is 1. The van der Waals surface area contributed by atoms with Crippen molar-refractivity contribution < 1.29 is 9.53 Å². The Morgan fingerprint density at radius 3 is 3.00 bits per heavy atom. The van der Waals surface area contributed by atoms with Gasteiger partial charge >= 0.3 is 0 Å². The van der Waals surface area contributed by atoms with Crippen molar-refractivity contribution in [2.45, 2.75) is 13.0 Å². The maximum absolute atomic E-state index is 12.1. The van der Waals surface area contributed by atoms with E-state index < -0.39 is 0 Å². The van der Waals surface area contributed by atoms with Crippen LogP contribution in [0, 0.1) is 0 Å². The molecule has 1 aromatic heterocycles. The number of amides is 1. The Morgan fingerprint density at radius 2 is 2.32 bits per heavy atom. The second kappa shape index (κ2) is 6.04. The summed E-state index contributed by atoms with van der Waals surface area (Å²) in [6.07, 6.45) is 3.78. The minimum atomic E-state index is 0.0460. The van der Waals surface area contributed by atoms with Crippen molar-refractivity contribution in [2.75, 3.05) is 14.2 Å². The summed E-state index contributed by atoms with van der Waals surface area (Å²) < 4.78 is 5.14. The molecule has 2 aromatic rings. The van der Waals surface area contributed by atoms with Gasteiger partial charge in [-0.25, -0.2) is 4.98 Å². The molecule has 1 heterocycles. The van der Waals surface area contributed by atoms with Crippen molar-refractivity contribution >= 4 is 5.91 Å². The Morgan fingerprint density at radius 1 is 1.47 bits per heavy atom. The number of imidazole rings is 1. The lowest BCUT2D eigenvalue weighted by atomic mass is 10.1. The molecule has 100 valence electrons. The number of likely N-dealkylation sites (N-methyl/N-ethyl adjacent to an activating group) is 1. The molecule has 0 aliphatic heterocycles. The third-order valence-electron chi connectivity index (χ3n) is 2.86. The van der Waals surface area contributed by atoms with Gasteiger partial charge in [0.1, 0.15) is 11.6 Å². The average Bonchev–Trinajstić information content (AvgIpc) is 2.91. The summed E-state index contributed by atoms with van der Waals surface area (Å²) in [7, 11) is 3.38. The maximum atomic E-state index is 12.1. The van der Waals surface area contributed by atoms with Crippen LogP contribution in [0.1, 0.15) is 11.4 Å². The Kier molecular flexibility index (Phi) is 4.18. The molecule has 5 heteroatoms. The van der Waals surface area contributed by atoms with Crippen molar-refractivity contribution in [1.29, 1.82) is 0 Å². The van der Waals surface area contributed by atoms with E-state index in [4.69, 9.17) is 4.74 Å². The van der Waals surface area contributed by atoms with Crippen LogP contribution in [0.15, 0.2) is 36.7 Å². The lowest BCUT2D eigenvalue weighted by Gasteiger charge is -2.16. The molecule has 0 radical (unpaired) electrons. The third-order valence-corrected chi connectivity index (χ3v) is 2.86. The Balaban J connectivity index is 1.96. The fraction of sp³-hybridized carbons (Fsp3) is 0.286. The minimum absolute atomic E-state index is 0.0460. The van der Waals surface area contributed by atoms with Crippen molar-refractivity contribution in [1.82, 2.24) is 14.9 Å². The molecule has 2 rings (SSSR count).